The molecule has 0 saturated heterocycles. The summed E-state index contributed by atoms with van der Waals surface area (Å²) in [6.07, 6.45) is 0. The molecule has 0 aliphatic rings. The molecule has 0 atom stereocenters. The minimum absolute atomic E-state index is 0.0234. The fourth-order valence-electron chi connectivity index (χ4n) is 5.38. The molecule has 0 aromatic heterocycles. The van der Waals surface area contributed by atoms with Crippen LogP contribution in [0.5, 0.6) is 0 Å². The summed E-state index contributed by atoms with van der Waals surface area (Å²) in [5.74, 6) is 0.666. The third-order valence-corrected chi connectivity index (χ3v) is 7.12. The molecule has 0 aliphatic carbocycles. The van der Waals surface area contributed by atoms with Gasteiger partial charge < -0.3 is 0 Å². The summed E-state index contributed by atoms with van der Waals surface area (Å²) in [5, 5.41) is 8.41. The minimum atomic E-state index is -0.0234. The second-order valence-electron chi connectivity index (χ2n) is 9.62. The second-order valence-corrected chi connectivity index (χ2v) is 9.62. The Morgan fingerprint density at radius 2 is 0.844 bits per heavy atom. The number of fused-ring (bicyclic) bond motifs is 10. The number of benzene rings is 4. The number of hydrogen-bond acceptors (Lipinski definition) is 2. The van der Waals surface area contributed by atoms with Crippen LogP contribution in [0, 0.1) is 0 Å². The van der Waals surface area contributed by atoms with Gasteiger partial charge in [0.2, 0.25) is 0 Å². The first kappa shape index (κ1) is 19.2. The predicted molar refractivity (Wildman–Crippen MR) is 137 cm³/mol. The molecular formula is C30H24O2. The van der Waals surface area contributed by atoms with Crippen molar-refractivity contribution in [2.45, 2.75) is 39.5 Å². The zero-order chi connectivity index (χ0) is 22.3. The molecule has 2 nitrogen and oxygen atoms in total. The van der Waals surface area contributed by atoms with Gasteiger partial charge in [0.05, 0.1) is 0 Å². The summed E-state index contributed by atoms with van der Waals surface area (Å²) in [4.78, 5) is 27.6. The third kappa shape index (κ3) is 2.35. The lowest BCUT2D eigenvalue weighted by molar-refractivity contribution is 0.869. The van der Waals surface area contributed by atoms with Gasteiger partial charge in [-0.2, -0.15) is 0 Å². The van der Waals surface area contributed by atoms with Crippen LogP contribution in [0.4, 0.5) is 0 Å². The van der Waals surface area contributed by atoms with Crippen LogP contribution in [0.3, 0.4) is 0 Å². The Hall–Kier alpha value is -3.52. The summed E-state index contributed by atoms with van der Waals surface area (Å²) >= 11 is 0. The quantitative estimate of drug-likeness (QED) is 0.297. The van der Waals surface area contributed by atoms with E-state index in [-0.39, 0.29) is 10.9 Å². The largest absolute Gasteiger partial charge is 0.289 e. The molecule has 6 rings (SSSR count). The van der Waals surface area contributed by atoms with Crippen molar-refractivity contribution in [3.05, 3.63) is 92.2 Å². The Kier molecular flexibility index (Phi) is 3.89. The molecule has 6 aromatic carbocycles. The van der Waals surface area contributed by atoms with E-state index in [0.717, 1.165) is 54.2 Å². The highest BCUT2D eigenvalue weighted by Gasteiger charge is 2.23. The fourth-order valence-corrected chi connectivity index (χ4v) is 5.38. The van der Waals surface area contributed by atoms with Crippen LogP contribution in [0.1, 0.15) is 50.7 Å². The Balaban J connectivity index is 1.96. The zero-order valence-electron chi connectivity index (χ0n) is 18.7. The van der Waals surface area contributed by atoms with Gasteiger partial charge in [-0.1, -0.05) is 76.2 Å². The van der Waals surface area contributed by atoms with Crippen molar-refractivity contribution in [2.75, 3.05) is 0 Å². The molecule has 0 fully saturated rings. The average Bonchev–Trinajstić information content (AvgIpc) is 3.25. The van der Waals surface area contributed by atoms with Gasteiger partial charge >= 0.3 is 0 Å². The molecule has 0 bridgehead atoms. The normalized spacial score (nSPS) is 12.6. The molecule has 0 heterocycles. The highest BCUT2D eigenvalue weighted by molar-refractivity contribution is 6.38. The molecule has 2 heteroatoms. The van der Waals surface area contributed by atoms with E-state index in [1.165, 1.54) is 0 Å². The monoisotopic (exact) mass is 416 g/mol. The Morgan fingerprint density at radius 1 is 0.469 bits per heavy atom. The van der Waals surface area contributed by atoms with Gasteiger partial charge in [-0.3, -0.25) is 9.59 Å². The van der Waals surface area contributed by atoms with Crippen molar-refractivity contribution in [3.63, 3.8) is 0 Å². The highest BCUT2D eigenvalue weighted by atomic mass is 16.1. The fraction of sp³-hybridized carbons (Fsp3) is 0.200. The van der Waals surface area contributed by atoms with E-state index >= 15 is 0 Å². The maximum absolute atomic E-state index is 13.8. The van der Waals surface area contributed by atoms with E-state index in [9.17, 15) is 9.59 Å². The van der Waals surface area contributed by atoms with Crippen LogP contribution in [-0.2, 0) is 0 Å². The first-order valence-corrected chi connectivity index (χ1v) is 11.3. The Labute approximate surface area is 185 Å². The first-order chi connectivity index (χ1) is 15.4. The maximum atomic E-state index is 13.8. The van der Waals surface area contributed by atoms with Crippen molar-refractivity contribution in [2.24, 2.45) is 0 Å². The van der Waals surface area contributed by atoms with Gasteiger partial charge in [-0.05, 0) is 56.6 Å². The number of hydrogen-bond donors (Lipinski definition) is 0. The molecule has 32 heavy (non-hydrogen) atoms. The van der Waals surface area contributed by atoms with Crippen molar-refractivity contribution < 1.29 is 0 Å². The molecule has 0 spiro atoms. The lowest BCUT2D eigenvalue weighted by Gasteiger charge is -2.07. The first-order valence-electron chi connectivity index (χ1n) is 11.3. The van der Waals surface area contributed by atoms with Crippen molar-refractivity contribution in [1.82, 2.24) is 0 Å². The molecule has 0 amide bonds. The van der Waals surface area contributed by atoms with Gasteiger partial charge in [0.1, 0.15) is 0 Å². The van der Waals surface area contributed by atoms with Crippen LogP contribution >= 0.6 is 0 Å². The van der Waals surface area contributed by atoms with E-state index in [2.05, 4.69) is 64.1 Å². The topological polar surface area (TPSA) is 34.1 Å². The average molecular weight is 417 g/mol. The molecule has 0 aliphatic heterocycles. The van der Waals surface area contributed by atoms with Gasteiger partial charge in [-0.15, -0.1) is 0 Å². The molecule has 0 unspecified atom stereocenters. The summed E-state index contributed by atoms with van der Waals surface area (Å²) in [7, 11) is 0. The highest BCUT2D eigenvalue weighted by Crippen LogP contribution is 2.41. The molecule has 156 valence electrons. The van der Waals surface area contributed by atoms with E-state index in [4.69, 9.17) is 0 Å². The van der Waals surface area contributed by atoms with E-state index in [1.54, 1.807) is 0 Å². The summed E-state index contributed by atoms with van der Waals surface area (Å²) in [6.45, 7) is 8.53. The summed E-state index contributed by atoms with van der Waals surface area (Å²) in [5.41, 5.74) is 2.23. The zero-order valence-corrected chi connectivity index (χ0v) is 18.7. The van der Waals surface area contributed by atoms with Crippen molar-refractivity contribution >= 4 is 53.9 Å². The van der Waals surface area contributed by atoms with Crippen LogP contribution in [0.15, 0.2) is 70.3 Å². The molecule has 0 saturated carbocycles. The van der Waals surface area contributed by atoms with Gasteiger partial charge in [0.25, 0.3) is 0 Å². The van der Waals surface area contributed by atoms with Crippen LogP contribution < -0.4 is 10.9 Å². The molecule has 6 aromatic rings. The van der Waals surface area contributed by atoms with Crippen molar-refractivity contribution in [3.8, 4) is 0 Å². The smallest absolute Gasteiger partial charge is 0.195 e. The van der Waals surface area contributed by atoms with E-state index in [0.29, 0.717) is 22.6 Å². The van der Waals surface area contributed by atoms with Crippen LogP contribution in [-0.4, -0.2) is 0 Å². The predicted octanol–water partition coefficient (Wildman–Crippen LogP) is 7.30. The van der Waals surface area contributed by atoms with Crippen molar-refractivity contribution in [1.29, 1.82) is 0 Å². The van der Waals surface area contributed by atoms with Crippen LogP contribution in [0.2, 0.25) is 0 Å². The molecular weight excluding hydrogens is 392 g/mol. The Morgan fingerprint density at radius 3 is 1.22 bits per heavy atom. The lowest BCUT2D eigenvalue weighted by Crippen LogP contribution is -2.02. The third-order valence-electron chi connectivity index (χ3n) is 7.12. The van der Waals surface area contributed by atoms with E-state index in [1.807, 2.05) is 24.3 Å². The van der Waals surface area contributed by atoms with Gasteiger partial charge in [0.15, 0.2) is 10.9 Å². The number of rotatable bonds is 2. The SMILES string of the molecule is CC(C)c1ccc2c(c1)c(=O)c1c3c(=O)c4cc(C(C)C)ccc4c3c3ccccc3c21. The lowest BCUT2D eigenvalue weighted by atomic mass is 9.96. The van der Waals surface area contributed by atoms with Gasteiger partial charge in [-0.25, -0.2) is 0 Å². The standard InChI is InChI=1S/C30H24O2/c1-15(2)17-9-11-21-23(13-17)29(31)27-25(21)19-7-5-6-8-20(19)26-22-12-10-18(16(3)4)14-24(22)30(32)28(26)27/h5-16H,1-4H3. The van der Waals surface area contributed by atoms with E-state index < -0.39 is 0 Å². The van der Waals surface area contributed by atoms with Gasteiger partial charge in [0, 0.05) is 32.3 Å². The maximum Gasteiger partial charge on any atom is 0.195 e. The minimum Gasteiger partial charge on any atom is -0.289 e. The summed E-state index contributed by atoms with van der Waals surface area (Å²) < 4.78 is 0. The van der Waals surface area contributed by atoms with Crippen LogP contribution in [0.25, 0.3) is 53.9 Å². The summed E-state index contributed by atoms with van der Waals surface area (Å²) in [6, 6.07) is 20.6. The Bertz CT molecular complexity index is 1670. The molecule has 0 N–H and O–H groups in total. The molecule has 0 radical (unpaired) electrons. The second kappa shape index (κ2) is 6.49.